The van der Waals surface area contributed by atoms with Crippen LogP contribution >= 0.6 is 11.3 Å². The molecule has 1 amide bonds. The van der Waals surface area contributed by atoms with E-state index in [0.29, 0.717) is 12.8 Å². The maximum atomic E-state index is 11.9. The molecule has 1 radical (unpaired) electrons. The van der Waals surface area contributed by atoms with Crippen LogP contribution in [0.15, 0.2) is 17.5 Å². The van der Waals surface area contributed by atoms with Gasteiger partial charge in [-0.05, 0) is 30.7 Å². The van der Waals surface area contributed by atoms with Crippen molar-refractivity contribution in [1.29, 1.82) is 0 Å². The van der Waals surface area contributed by atoms with Crippen molar-refractivity contribution in [1.82, 2.24) is 5.32 Å². The zero-order valence-corrected chi connectivity index (χ0v) is 11.9. The standard InChI is InChI=1S/C13H17BNO4S/c16-12(8-10-4-2-6-20-10)15-11-5-1-3-9(19-14-11)7-13(17)18/h2,4,6,9,11H,1,3,5,7-8H2,(H,15,16)(H,17,18)/t9-,11+/m1/s1. The number of carbonyl (C=O) groups is 2. The average molecular weight is 294 g/mol. The summed E-state index contributed by atoms with van der Waals surface area (Å²) in [6.07, 6.45) is 2.43. The van der Waals surface area contributed by atoms with Crippen molar-refractivity contribution in [2.45, 2.75) is 44.1 Å². The molecule has 1 aromatic heterocycles. The van der Waals surface area contributed by atoms with Crippen LogP contribution in [0, 0.1) is 0 Å². The van der Waals surface area contributed by atoms with Crippen LogP contribution in [0.25, 0.3) is 0 Å². The number of carbonyl (C=O) groups excluding carboxylic acids is 1. The molecular formula is C13H17BNO4S. The second kappa shape index (κ2) is 7.45. The molecule has 107 valence electrons. The third kappa shape index (κ3) is 4.98. The predicted molar refractivity (Wildman–Crippen MR) is 76.7 cm³/mol. The van der Waals surface area contributed by atoms with Crippen LogP contribution in [0.1, 0.15) is 30.6 Å². The zero-order valence-electron chi connectivity index (χ0n) is 11.1. The van der Waals surface area contributed by atoms with Crippen molar-refractivity contribution in [3.05, 3.63) is 22.4 Å². The van der Waals surface area contributed by atoms with Crippen molar-refractivity contribution < 1.29 is 19.3 Å². The Bertz CT molecular complexity index is 451. The van der Waals surface area contributed by atoms with Crippen molar-refractivity contribution in [2.24, 2.45) is 0 Å². The van der Waals surface area contributed by atoms with Crippen molar-refractivity contribution in [3.8, 4) is 0 Å². The van der Waals surface area contributed by atoms with E-state index in [9.17, 15) is 9.59 Å². The molecule has 0 bridgehead atoms. The van der Waals surface area contributed by atoms with Gasteiger partial charge in [0, 0.05) is 10.8 Å². The smallest absolute Gasteiger partial charge is 0.317 e. The Morgan fingerprint density at radius 3 is 3.05 bits per heavy atom. The first-order valence-electron chi connectivity index (χ1n) is 6.66. The van der Waals surface area contributed by atoms with Gasteiger partial charge in [-0.2, -0.15) is 0 Å². The highest BCUT2D eigenvalue weighted by Gasteiger charge is 2.23. The molecule has 1 fully saturated rings. The average Bonchev–Trinajstić information content (AvgIpc) is 2.78. The largest absolute Gasteiger partial charge is 0.481 e. The fourth-order valence-corrected chi connectivity index (χ4v) is 2.89. The minimum Gasteiger partial charge on any atom is -0.481 e. The Labute approximate surface area is 122 Å². The SMILES string of the molecule is O=C(O)C[C@H]1CCC[C@H](NC(=O)Cc2cccs2)[B]O1. The predicted octanol–water partition coefficient (Wildman–Crippen LogP) is 1.40. The van der Waals surface area contributed by atoms with Gasteiger partial charge in [-0.3, -0.25) is 9.59 Å². The fourth-order valence-electron chi connectivity index (χ4n) is 2.19. The maximum absolute atomic E-state index is 11.9. The Morgan fingerprint density at radius 2 is 2.35 bits per heavy atom. The molecule has 2 atom stereocenters. The van der Waals surface area contributed by atoms with E-state index in [0.717, 1.165) is 17.7 Å². The summed E-state index contributed by atoms with van der Waals surface area (Å²) >= 11 is 1.56. The quantitative estimate of drug-likeness (QED) is 0.805. The van der Waals surface area contributed by atoms with Crippen LogP contribution in [0.5, 0.6) is 0 Å². The van der Waals surface area contributed by atoms with Crippen molar-refractivity contribution >= 4 is 30.7 Å². The van der Waals surface area contributed by atoms with Crippen LogP contribution in [0.3, 0.4) is 0 Å². The highest BCUT2D eigenvalue weighted by molar-refractivity contribution is 7.10. The first-order chi connectivity index (χ1) is 9.63. The van der Waals surface area contributed by atoms with Crippen LogP contribution in [-0.4, -0.2) is 36.5 Å². The zero-order chi connectivity index (χ0) is 14.4. The molecule has 0 spiro atoms. The lowest BCUT2D eigenvalue weighted by atomic mass is 9.85. The molecule has 1 aromatic rings. The highest BCUT2D eigenvalue weighted by Crippen LogP contribution is 2.15. The van der Waals surface area contributed by atoms with Gasteiger partial charge >= 0.3 is 13.5 Å². The number of amides is 1. The Hall–Kier alpha value is -1.34. The van der Waals surface area contributed by atoms with E-state index >= 15 is 0 Å². The third-order valence-corrected chi connectivity index (χ3v) is 4.02. The van der Waals surface area contributed by atoms with Crippen LogP contribution in [0.4, 0.5) is 0 Å². The van der Waals surface area contributed by atoms with E-state index in [1.165, 1.54) is 0 Å². The summed E-state index contributed by atoms with van der Waals surface area (Å²) in [5.74, 6) is -1.03. The summed E-state index contributed by atoms with van der Waals surface area (Å²) in [6, 6.07) is 3.85. The first kappa shape index (κ1) is 15.1. The Morgan fingerprint density at radius 1 is 1.50 bits per heavy atom. The van der Waals surface area contributed by atoms with Gasteiger partial charge < -0.3 is 15.1 Å². The van der Waals surface area contributed by atoms with Gasteiger partial charge in [-0.1, -0.05) is 6.07 Å². The number of hydrogen-bond acceptors (Lipinski definition) is 4. The molecule has 0 aromatic carbocycles. The molecule has 2 N–H and O–H groups in total. The Balaban J connectivity index is 1.76. The lowest BCUT2D eigenvalue weighted by molar-refractivity contribution is -0.138. The molecule has 7 heteroatoms. The van der Waals surface area contributed by atoms with Gasteiger partial charge in [-0.25, -0.2) is 0 Å². The maximum Gasteiger partial charge on any atom is 0.317 e. The fraction of sp³-hybridized carbons (Fsp3) is 0.538. The molecule has 0 unspecified atom stereocenters. The molecular weight excluding hydrogens is 277 g/mol. The van der Waals surface area contributed by atoms with Crippen LogP contribution in [0.2, 0.25) is 0 Å². The molecule has 5 nitrogen and oxygen atoms in total. The van der Waals surface area contributed by atoms with Gasteiger partial charge in [0.15, 0.2) is 0 Å². The van der Waals surface area contributed by atoms with Crippen molar-refractivity contribution in [3.63, 3.8) is 0 Å². The van der Waals surface area contributed by atoms with E-state index in [-0.39, 0.29) is 24.4 Å². The third-order valence-electron chi connectivity index (χ3n) is 3.14. The van der Waals surface area contributed by atoms with E-state index in [1.54, 1.807) is 18.8 Å². The van der Waals surface area contributed by atoms with E-state index in [4.69, 9.17) is 9.76 Å². The summed E-state index contributed by atoms with van der Waals surface area (Å²) in [7, 11) is 1.58. The monoisotopic (exact) mass is 294 g/mol. The van der Waals surface area contributed by atoms with E-state index < -0.39 is 5.97 Å². The first-order valence-corrected chi connectivity index (χ1v) is 7.54. The minimum atomic E-state index is -0.858. The highest BCUT2D eigenvalue weighted by atomic mass is 32.1. The summed E-state index contributed by atoms with van der Waals surface area (Å²) in [6.45, 7) is 0. The van der Waals surface area contributed by atoms with E-state index in [2.05, 4.69) is 5.32 Å². The second-order valence-electron chi connectivity index (χ2n) is 4.85. The number of carboxylic acids is 1. The minimum absolute atomic E-state index is 0.00631. The Kier molecular flexibility index (Phi) is 5.61. The topological polar surface area (TPSA) is 75.6 Å². The molecule has 0 saturated carbocycles. The number of thiophene rings is 1. The van der Waals surface area contributed by atoms with E-state index in [1.807, 2.05) is 17.5 Å². The number of hydrogen-bond donors (Lipinski definition) is 2. The summed E-state index contributed by atoms with van der Waals surface area (Å²) in [5, 5.41) is 13.6. The number of carboxylic acid groups (broad SMARTS) is 1. The molecule has 20 heavy (non-hydrogen) atoms. The molecule has 0 aliphatic carbocycles. The molecule has 1 saturated heterocycles. The molecule has 1 aliphatic heterocycles. The normalized spacial score (nSPS) is 22.6. The number of aliphatic carboxylic acids is 1. The number of rotatable bonds is 5. The summed E-state index contributed by atoms with van der Waals surface area (Å²) < 4.78 is 5.44. The lowest BCUT2D eigenvalue weighted by Crippen LogP contribution is -2.40. The number of nitrogens with one attached hydrogen (secondary N) is 1. The van der Waals surface area contributed by atoms with Crippen molar-refractivity contribution in [2.75, 3.05) is 0 Å². The second-order valence-corrected chi connectivity index (χ2v) is 5.89. The van der Waals surface area contributed by atoms with Gasteiger partial charge in [-0.15, -0.1) is 11.3 Å². The molecule has 1 aliphatic rings. The van der Waals surface area contributed by atoms with Gasteiger partial charge in [0.2, 0.25) is 5.91 Å². The summed E-state index contributed by atoms with van der Waals surface area (Å²) in [5.41, 5.74) is 0. The van der Waals surface area contributed by atoms with Gasteiger partial charge in [0.05, 0.1) is 18.9 Å². The molecule has 2 heterocycles. The van der Waals surface area contributed by atoms with Crippen LogP contribution in [-0.2, 0) is 20.7 Å². The van der Waals surface area contributed by atoms with Gasteiger partial charge in [0.1, 0.15) is 0 Å². The lowest BCUT2D eigenvalue weighted by Gasteiger charge is -2.15. The summed E-state index contributed by atoms with van der Waals surface area (Å²) in [4.78, 5) is 23.6. The van der Waals surface area contributed by atoms with Gasteiger partial charge in [0.25, 0.3) is 0 Å². The van der Waals surface area contributed by atoms with Crippen LogP contribution < -0.4 is 5.32 Å². The molecule has 2 rings (SSSR count).